The second kappa shape index (κ2) is 7.87. The molecule has 1 N–H and O–H groups in total. The Bertz CT molecular complexity index is 1030. The van der Waals surface area contributed by atoms with Crippen molar-refractivity contribution in [1.29, 1.82) is 0 Å². The highest BCUT2D eigenvalue weighted by Gasteiger charge is 2.33. The number of carbonyl (C=O) groups excluding carboxylic acids is 1. The zero-order valence-electron chi connectivity index (χ0n) is 16.7. The molecule has 0 saturated carbocycles. The number of aromatic nitrogens is 4. The quantitative estimate of drug-likeness (QED) is 0.714. The van der Waals surface area contributed by atoms with Crippen LogP contribution in [0.2, 0.25) is 0 Å². The van der Waals surface area contributed by atoms with E-state index in [0.717, 1.165) is 17.6 Å². The fraction of sp³-hybridized carbons (Fsp3) is 0.429. The molecule has 152 valence electrons. The molecule has 1 amide bonds. The van der Waals surface area contributed by atoms with Crippen LogP contribution in [0.15, 0.2) is 30.6 Å². The lowest BCUT2D eigenvalue weighted by atomic mass is 9.97. The van der Waals surface area contributed by atoms with Crippen LogP contribution in [0.25, 0.3) is 11.0 Å². The van der Waals surface area contributed by atoms with Crippen LogP contribution in [-0.2, 0) is 4.74 Å². The summed E-state index contributed by atoms with van der Waals surface area (Å²) in [6, 6.07) is 4.29. The molecule has 4 rings (SSSR count). The highest BCUT2D eigenvalue weighted by atomic mass is 19.1. The minimum absolute atomic E-state index is 0.0662. The van der Waals surface area contributed by atoms with E-state index in [4.69, 9.17) is 9.72 Å². The van der Waals surface area contributed by atoms with Crippen LogP contribution in [-0.4, -0.2) is 38.6 Å². The highest BCUT2D eigenvalue weighted by Crippen LogP contribution is 2.33. The number of halogens is 1. The van der Waals surface area contributed by atoms with Gasteiger partial charge >= 0.3 is 0 Å². The topological polar surface area (TPSA) is 81.9 Å². The summed E-state index contributed by atoms with van der Waals surface area (Å²) in [5.74, 6) is 0.112. The first-order valence-corrected chi connectivity index (χ1v) is 9.78. The van der Waals surface area contributed by atoms with Gasteiger partial charge < -0.3 is 14.6 Å². The molecule has 1 aromatic carbocycles. The van der Waals surface area contributed by atoms with Crippen molar-refractivity contribution in [1.82, 2.24) is 24.8 Å². The summed E-state index contributed by atoms with van der Waals surface area (Å²) >= 11 is 0. The fourth-order valence-electron chi connectivity index (χ4n) is 3.79. The van der Waals surface area contributed by atoms with Crippen LogP contribution in [0.3, 0.4) is 0 Å². The third-order valence-electron chi connectivity index (χ3n) is 5.21. The van der Waals surface area contributed by atoms with Crippen molar-refractivity contribution in [2.75, 3.05) is 13.2 Å². The molecule has 2 unspecified atom stereocenters. The number of nitrogens with one attached hydrogen (secondary N) is 1. The van der Waals surface area contributed by atoms with Crippen molar-refractivity contribution in [2.45, 2.75) is 39.3 Å². The van der Waals surface area contributed by atoms with Crippen LogP contribution in [0.1, 0.15) is 54.4 Å². The van der Waals surface area contributed by atoms with Gasteiger partial charge in [-0.15, -0.1) is 0 Å². The van der Waals surface area contributed by atoms with E-state index in [-0.39, 0.29) is 35.4 Å². The fourth-order valence-corrected chi connectivity index (χ4v) is 3.79. The van der Waals surface area contributed by atoms with Crippen LogP contribution in [0, 0.1) is 18.7 Å². The molecule has 0 radical (unpaired) electrons. The predicted molar refractivity (Wildman–Crippen MR) is 106 cm³/mol. The number of amides is 1. The molecule has 1 aliphatic heterocycles. The van der Waals surface area contributed by atoms with Crippen LogP contribution in [0.5, 0.6) is 0 Å². The Morgan fingerprint density at radius 1 is 1.31 bits per heavy atom. The van der Waals surface area contributed by atoms with E-state index in [9.17, 15) is 9.18 Å². The van der Waals surface area contributed by atoms with Crippen molar-refractivity contribution < 1.29 is 13.9 Å². The Kier molecular flexibility index (Phi) is 5.27. The number of rotatable bonds is 5. The number of aryl methyl sites for hydroxylation is 1. The Labute approximate surface area is 168 Å². The molecule has 1 aliphatic rings. The molecule has 2 aromatic heterocycles. The number of hydrogen-bond donors (Lipinski definition) is 1. The molecular formula is C21H24FN5O2. The van der Waals surface area contributed by atoms with Gasteiger partial charge in [0.05, 0.1) is 35.6 Å². The van der Waals surface area contributed by atoms with Gasteiger partial charge in [-0.3, -0.25) is 9.78 Å². The number of imidazole rings is 1. The first kappa shape index (κ1) is 19.4. The number of nitrogens with zero attached hydrogens (tertiary/aromatic N) is 4. The van der Waals surface area contributed by atoms with Gasteiger partial charge in [0.1, 0.15) is 17.3 Å². The van der Waals surface area contributed by atoms with E-state index < -0.39 is 0 Å². The van der Waals surface area contributed by atoms with E-state index >= 15 is 0 Å². The van der Waals surface area contributed by atoms with Crippen LogP contribution in [0.4, 0.5) is 4.39 Å². The average molecular weight is 397 g/mol. The third-order valence-corrected chi connectivity index (χ3v) is 5.21. The van der Waals surface area contributed by atoms with E-state index in [2.05, 4.69) is 19.9 Å². The summed E-state index contributed by atoms with van der Waals surface area (Å²) in [6.45, 7) is 7.07. The number of ether oxygens (including phenoxy) is 1. The highest BCUT2D eigenvalue weighted by molar-refractivity contribution is 5.92. The standard InChI is InChI=1S/C21H24FN5O2/c1-12(2)27-18-5-4-15(22)8-16(18)25-20(27)19(14-6-7-29-11-14)26-21(28)17-10-23-13(3)9-24-17/h4-5,8-10,12,14,19H,6-7,11H2,1-3H3,(H,26,28). The largest absolute Gasteiger partial charge is 0.381 e. The van der Waals surface area contributed by atoms with Gasteiger partial charge in [-0.1, -0.05) is 0 Å². The van der Waals surface area contributed by atoms with Gasteiger partial charge in [-0.2, -0.15) is 0 Å². The van der Waals surface area contributed by atoms with E-state index in [1.165, 1.54) is 18.3 Å². The minimum atomic E-state index is -0.383. The van der Waals surface area contributed by atoms with Gasteiger partial charge in [-0.25, -0.2) is 14.4 Å². The van der Waals surface area contributed by atoms with Gasteiger partial charge in [0.25, 0.3) is 5.91 Å². The lowest BCUT2D eigenvalue weighted by Crippen LogP contribution is -2.36. The molecule has 29 heavy (non-hydrogen) atoms. The molecule has 1 fully saturated rings. The number of benzene rings is 1. The Morgan fingerprint density at radius 3 is 2.79 bits per heavy atom. The van der Waals surface area contributed by atoms with Crippen molar-refractivity contribution in [3.8, 4) is 0 Å². The van der Waals surface area contributed by atoms with E-state index in [0.29, 0.717) is 24.6 Å². The molecule has 8 heteroatoms. The van der Waals surface area contributed by atoms with E-state index in [1.54, 1.807) is 12.3 Å². The number of fused-ring (bicyclic) bond motifs is 1. The summed E-state index contributed by atoms with van der Waals surface area (Å²) in [7, 11) is 0. The maximum atomic E-state index is 13.8. The van der Waals surface area contributed by atoms with Crippen LogP contribution >= 0.6 is 0 Å². The molecule has 0 spiro atoms. The normalized spacial score (nSPS) is 17.8. The summed E-state index contributed by atoms with van der Waals surface area (Å²) in [6.07, 6.45) is 3.84. The SMILES string of the molecule is Cc1cnc(C(=O)NC(c2nc3cc(F)ccc3n2C(C)C)C2CCOC2)cn1. The Hall–Kier alpha value is -2.87. The third kappa shape index (κ3) is 3.85. The van der Waals surface area contributed by atoms with Gasteiger partial charge in [-0.05, 0) is 39.3 Å². The zero-order chi connectivity index (χ0) is 20.5. The maximum Gasteiger partial charge on any atom is 0.272 e. The van der Waals surface area contributed by atoms with E-state index in [1.807, 2.05) is 20.8 Å². The summed E-state index contributed by atoms with van der Waals surface area (Å²) in [4.78, 5) is 26.0. The Morgan fingerprint density at radius 2 is 2.14 bits per heavy atom. The maximum absolute atomic E-state index is 13.8. The van der Waals surface area contributed by atoms with Gasteiger partial charge in [0.2, 0.25) is 0 Å². The molecule has 3 heterocycles. The first-order chi connectivity index (χ1) is 13.9. The first-order valence-electron chi connectivity index (χ1n) is 9.78. The Balaban J connectivity index is 1.76. The average Bonchev–Trinajstić information content (AvgIpc) is 3.34. The zero-order valence-corrected chi connectivity index (χ0v) is 16.7. The number of carbonyl (C=O) groups is 1. The minimum Gasteiger partial charge on any atom is -0.381 e. The molecule has 2 atom stereocenters. The monoisotopic (exact) mass is 397 g/mol. The molecule has 1 saturated heterocycles. The smallest absolute Gasteiger partial charge is 0.272 e. The lowest BCUT2D eigenvalue weighted by Gasteiger charge is -2.25. The summed E-state index contributed by atoms with van der Waals surface area (Å²) < 4.78 is 21.4. The van der Waals surface area contributed by atoms with Gasteiger partial charge in [0.15, 0.2) is 0 Å². The van der Waals surface area contributed by atoms with Crippen molar-refractivity contribution in [2.24, 2.45) is 5.92 Å². The molecular weight excluding hydrogens is 373 g/mol. The molecule has 3 aromatic rings. The molecule has 0 aliphatic carbocycles. The van der Waals surface area contributed by atoms with Gasteiger partial charge in [0, 0.05) is 30.8 Å². The second-order valence-electron chi connectivity index (χ2n) is 7.68. The second-order valence-corrected chi connectivity index (χ2v) is 7.68. The van der Waals surface area contributed by atoms with Crippen molar-refractivity contribution in [3.05, 3.63) is 53.6 Å². The molecule has 0 bridgehead atoms. The lowest BCUT2D eigenvalue weighted by molar-refractivity contribution is 0.0905. The molecule has 7 nitrogen and oxygen atoms in total. The van der Waals surface area contributed by atoms with Crippen molar-refractivity contribution >= 4 is 16.9 Å². The number of hydrogen-bond acceptors (Lipinski definition) is 5. The predicted octanol–water partition coefficient (Wildman–Crippen LogP) is 3.36. The summed E-state index contributed by atoms with van der Waals surface area (Å²) in [5, 5.41) is 3.08. The van der Waals surface area contributed by atoms with Crippen LogP contribution < -0.4 is 5.32 Å². The van der Waals surface area contributed by atoms with Crippen molar-refractivity contribution in [3.63, 3.8) is 0 Å². The summed E-state index contributed by atoms with van der Waals surface area (Å²) in [5.41, 5.74) is 2.40.